The summed E-state index contributed by atoms with van der Waals surface area (Å²) in [6.07, 6.45) is 1.56. The molecule has 0 saturated heterocycles. The zero-order valence-corrected chi connectivity index (χ0v) is 21.2. The summed E-state index contributed by atoms with van der Waals surface area (Å²) in [4.78, 5) is 12.4. The molecule has 178 valence electrons. The van der Waals surface area contributed by atoms with E-state index in [9.17, 15) is 4.79 Å². The summed E-state index contributed by atoms with van der Waals surface area (Å²) in [5, 5.41) is 5.19. The summed E-state index contributed by atoms with van der Waals surface area (Å²) in [7, 11) is 0. The van der Waals surface area contributed by atoms with Crippen LogP contribution in [-0.2, 0) is 12.0 Å². The van der Waals surface area contributed by atoms with Gasteiger partial charge in [-0.05, 0) is 65.9 Å². The van der Waals surface area contributed by atoms with Crippen molar-refractivity contribution in [2.45, 2.75) is 39.7 Å². The number of nitrogens with one attached hydrogen (secondary N) is 1. The third kappa shape index (κ3) is 6.99. The topological polar surface area (TPSA) is 59.9 Å². The first kappa shape index (κ1) is 25.6. The molecule has 0 saturated carbocycles. The number of hydrogen-bond donors (Lipinski definition) is 1. The van der Waals surface area contributed by atoms with E-state index < -0.39 is 0 Å². The normalized spacial score (nSPS) is 11.5. The SMILES string of the molecule is CCOc1cc(/C=N\NC(=O)c2ccc(C(C)(C)C)cc2)ccc1OCc1ccc(Cl)cc1Cl. The van der Waals surface area contributed by atoms with Crippen LogP contribution in [0.4, 0.5) is 0 Å². The van der Waals surface area contributed by atoms with Gasteiger partial charge in [-0.1, -0.05) is 62.2 Å². The molecule has 0 spiro atoms. The summed E-state index contributed by atoms with van der Waals surface area (Å²) in [6.45, 7) is 9.03. The Bertz CT molecular complexity index is 1170. The summed E-state index contributed by atoms with van der Waals surface area (Å²) >= 11 is 12.2. The number of benzene rings is 3. The van der Waals surface area contributed by atoms with Gasteiger partial charge in [0.25, 0.3) is 5.91 Å². The van der Waals surface area contributed by atoms with Crippen molar-refractivity contribution in [3.8, 4) is 11.5 Å². The zero-order valence-electron chi connectivity index (χ0n) is 19.7. The monoisotopic (exact) mass is 498 g/mol. The molecule has 7 heteroatoms. The largest absolute Gasteiger partial charge is 0.490 e. The van der Waals surface area contributed by atoms with Gasteiger partial charge in [0.15, 0.2) is 11.5 Å². The lowest BCUT2D eigenvalue weighted by molar-refractivity contribution is 0.0955. The van der Waals surface area contributed by atoms with Crippen LogP contribution < -0.4 is 14.9 Å². The second kappa shape index (κ2) is 11.4. The molecule has 5 nitrogen and oxygen atoms in total. The van der Waals surface area contributed by atoms with Crippen molar-refractivity contribution in [1.82, 2.24) is 5.43 Å². The van der Waals surface area contributed by atoms with Gasteiger partial charge in [0.1, 0.15) is 6.61 Å². The molecule has 34 heavy (non-hydrogen) atoms. The van der Waals surface area contributed by atoms with E-state index in [1.165, 1.54) is 0 Å². The van der Waals surface area contributed by atoms with Crippen molar-refractivity contribution in [2.75, 3.05) is 6.61 Å². The number of halogens is 2. The van der Waals surface area contributed by atoms with E-state index in [2.05, 4.69) is 31.3 Å². The molecule has 1 amide bonds. The molecule has 1 N–H and O–H groups in total. The fourth-order valence-corrected chi connectivity index (χ4v) is 3.60. The molecule has 3 rings (SSSR count). The molecule has 0 aliphatic rings. The Kier molecular flexibility index (Phi) is 8.59. The number of hydrazone groups is 1. The summed E-state index contributed by atoms with van der Waals surface area (Å²) < 4.78 is 11.6. The second-order valence-electron chi connectivity index (χ2n) is 8.69. The molecule has 0 aliphatic carbocycles. The third-order valence-electron chi connectivity index (χ3n) is 5.06. The predicted molar refractivity (Wildman–Crippen MR) is 139 cm³/mol. The first-order valence-corrected chi connectivity index (χ1v) is 11.7. The number of carbonyl (C=O) groups excluding carboxylic acids is 1. The minimum Gasteiger partial charge on any atom is -0.490 e. The number of amides is 1. The average Bonchev–Trinajstić information content (AvgIpc) is 2.79. The van der Waals surface area contributed by atoms with E-state index in [1.807, 2.05) is 31.2 Å². The fraction of sp³-hybridized carbons (Fsp3) is 0.259. The number of nitrogens with zero attached hydrogens (tertiary/aromatic N) is 1. The van der Waals surface area contributed by atoms with Gasteiger partial charge in [0.2, 0.25) is 0 Å². The summed E-state index contributed by atoms with van der Waals surface area (Å²) in [6, 6.07) is 18.2. The zero-order chi connectivity index (χ0) is 24.7. The van der Waals surface area contributed by atoms with E-state index in [1.54, 1.807) is 42.6 Å². The van der Waals surface area contributed by atoms with Crippen LogP contribution in [0.5, 0.6) is 11.5 Å². The van der Waals surface area contributed by atoms with Gasteiger partial charge in [-0.25, -0.2) is 5.43 Å². The third-order valence-corrected chi connectivity index (χ3v) is 5.65. The lowest BCUT2D eigenvalue weighted by Gasteiger charge is -2.18. The number of hydrogen-bond acceptors (Lipinski definition) is 4. The van der Waals surface area contributed by atoms with Crippen LogP contribution in [0.25, 0.3) is 0 Å². The number of ether oxygens (including phenoxy) is 2. The van der Waals surface area contributed by atoms with Crippen LogP contribution in [0.1, 0.15) is 54.7 Å². The fourth-order valence-electron chi connectivity index (χ4n) is 3.14. The minimum absolute atomic E-state index is 0.0301. The highest BCUT2D eigenvalue weighted by Gasteiger charge is 2.14. The van der Waals surface area contributed by atoms with Crippen LogP contribution in [-0.4, -0.2) is 18.7 Å². The van der Waals surface area contributed by atoms with Crippen molar-refractivity contribution >= 4 is 35.3 Å². The molecular formula is C27H28Cl2N2O3. The van der Waals surface area contributed by atoms with E-state index in [-0.39, 0.29) is 17.9 Å². The van der Waals surface area contributed by atoms with Crippen LogP contribution in [0, 0.1) is 0 Å². The average molecular weight is 499 g/mol. The second-order valence-corrected chi connectivity index (χ2v) is 9.53. The standard InChI is InChI=1S/C27H28Cl2N2O3/c1-5-33-25-14-18(6-13-24(25)34-17-20-9-12-22(28)15-23(20)29)16-30-31-26(32)19-7-10-21(11-8-19)27(2,3)4/h6-16H,5,17H2,1-4H3,(H,31,32)/b30-16-. The van der Waals surface area contributed by atoms with Gasteiger partial charge in [-0.2, -0.15) is 5.10 Å². The molecule has 0 bridgehead atoms. The molecule has 0 aliphatic heterocycles. The highest BCUT2D eigenvalue weighted by atomic mass is 35.5. The minimum atomic E-state index is -0.276. The van der Waals surface area contributed by atoms with Gasteiger partial charge in [-0.3, -0.25) is 4.79 Å². The van der Waals surface area contributed by atoms with Gasteiger partial charge < -0.3 is 9.47 Å². The Hall–Kier alpha value is -3.02. The Morgan fingerprint density at radius 3 is 2.35 bits per heavy atom. The Morgan fingerprint density at radius 1 is 0.971 bits per heavy atom. The molecule has 0 heterocycles. The van der Waals surface area contributed by atoms with Gasteiger partial charge in [0, 0.05) is 21.2 Å². The van der Waals surface area contributed by atoms with E-state index in [0.29, 0.717) is 33.7 Å². The van der Waals surface area contributed by atoms with Crippen molar-refractivity contribution in [2.24, 2.45) is 5.10 Å². The number of rotatable bonds is 8. The van der Waals surface area contributed by atoms with Crippen molar-refractivity contribution in [3.63, 3.8) is 0 Å². The van der Waals surface area contributed by atoms with Crippen molar-refractivity contribution in [3.05, 3.63) is 93.0 Å². The first-order valence-electron chi connectivity index (χ1n) is 10.9. The molecule has 0 atom stereocenters. The van der Waals surface area contributed by atoms with E-state index in [0.717, 1.165) is 16.7 Å². The molecule has 0 radical (unpaired) electrons. The first-order chi connectivity index (χ1) is 16.2. The van der Waals surface area contributed by atoms with Crippen molar-refractivity contribution in [1.29, 1.82) is 0 Å². The van der Waals surface area contributed by atoms with E-state index >= 15 is 0 Å². The van der Waals surface area contributed by atoms with Crippen LogP contribution in [0.15, 0.2) is 65.8 Å². The molecule has 3 aromatic rings. The maximum absolute atomic E-state index is 12.4. The Morgan fingerprint density at radius 2 is 1.71 bits per heavy atom. The maximum Gasteiger partial charge on any atom is 0.271 e. The van der Waals surface area contributed by atoms with Crippen LogP contribution >= 0.6 is 23.2 Å². The molecule has 0 unspecified atom stereocenters. The van der Waals surface area contributed by atoms with Gasteiger partial charge in [-0.15, -0.1) is 0 Å². The predicted octanol–water partition coefficient (Wildman–Crippen LogP) is 7.03. The lowest BCUT2D eigenvalue weighted by atomic mass is 9.87. The van der Waals surface area contributed by atoms with E-state index in [4.69, 9.17) is 32.7 Å². The van der Waals surface area contributed by atoms with Gasteiger partial charge >= 0.3 is 0 Å². The smallest absolute Gasteiger partial charge is 0.271 e. The Balaban J connectivity index is 1.65. The van der Waals surface area contributed by atoms with Crippen LogP contribution in [0.2, 0.25) is 10.0 Å². The highest BCUT2D eigenvalue weighted by molar-refractivity contribution is 6.35. The summed E-state index contributed by atoms with van der Waals surface area (Å²) in [5.74, 6) is 0.871. The van der Waals surface area contributed by atoms with Crippen molar-refractivity contribution < 1.29 is 14.3 Å². The summed E-state index contributed by atoms with van der Waals surface area (Å²) in [5.41, 5.74) is 5.87. The molecule has 0 aromatic heterocycles. The maximum atomic E-state index is 12.4. The van der Waals surface area contributed by atoms with Gasteiger partial charge in [0.05, 0.1) is 12.8 Å². The lowest BCUT2D eigenvalue weighted by Crippen LogP contribution is -2.18. The number of carbonyl (C=O) groups is 1. The molecular weight excluding hydrogens is 471 g/mol. The van der Waals surface area contributed by atoms with Crippen LogP contribution in [0.3, 0.4) is 0 Å². The molecule has 3 aromatic carbocycles. The molecule has 0 fully saturated rings. The Labute approximate surface area is 210 Å². The quantitative estimate of drug-likeness (QED) is 0.267. The highest BCUT2D eigenvalue weighted by Crippen LogP contribution is 2.30.